The van der Waals surface area contributed by atoms with E-state index in [1.165, 1.54) is 40.9 Å². The molecule has 1 aliphatic heterocycles. The molecular weight excluding hydrogens is 450 g/mol. The van der Waals surface area contributed by atoms with Gasteiger partial charge in [0.25, 0.3) is 5.91 Å². The van der Waals surface area contributed by atoms with Crippen LogP contribution in [0, 0.1) is 5.82 Å². The average molecular weight is 471 g/mol. The largest absolute Gasteiger partial charge is 0.573 e. The van der Waals surface area contributed by atoms with Crippen molar-refractivity contribution in [2.45, 2.75) is 43.7 Å². The van der Waals surface area contributed by atoms with Crippen LogP contribution in [0.25, 0.3) is 0 Å². The number of nitrogens with two attached hydrogens (primary N) is 1. The van der Waals surface area contributed by atoms with Gasteiger partial charge in [-0.15, -0.1) is 24.9 Å². The summed E-state index contributed by atoms with van der Waals surface area (Å²) in [5.74, 6) is -2.00. The second-order valence-corrected chi connectivity index (χ2v) is 8.52. The topological polar surface area (TPSA) is 84.7 Å². The third kappa shape index (κ3) is 5.71. The van der Waals surface area contributed by atoms with Crippen molar-refractivity contribution >= 4 is 29.3 Å². The second-order valence-electron chi connectivity index (χ2n) is 7.46. The summed E-state index contributed by atoms with van der Waals surface area (Å²) >= 11 is 1.19. The molecule has 0 spiro atoms. The van der Waals surface area contributed by atoms with Gasteiger partial charge in [-0.3, -0.25) is 9.59 Å². The number of alkyl halides is 3. The van der Waals surface area contributed by atoms with E-state index in [1.54, 1.807) is 13.8 Å². The Labute approximate surface area is 186 Å². The first kappa shape index (κ1) is 23.9. The number of halogens is 4. The molecule has 6 nitrogen and oxygen atoms in total. The zero-order chi connectivity index (χ0) is 23.6. The van der Waals surface area contributed by atoms with Gasteiger partial charge >= 0.3 is 6.36 Å². The summed E-state index contributed by atoms with van der Waals surface area (Å²) in [4.78, 5) is 27.1. The first-order valence-electron chi connectivity index (χ1n) is 9.63. The monoisotopic (exact) mass is 471 g/mol. The minimum absolute atomic E-state index is 0.0384. The number of anilines is 1. The van der Waals surface area contributed by atoms with Crippen LogP contribution in [0.15, 0.2) is 41.3 Å². The van der Waals surface area contributed by atoms with Crippen molar-refractivity contribution in [1.29, 1.82) is 0 Å². The lowest BCUT2D eigenvalue weighted by atomic mass is 10.1. The summed E-state index contributed by atoms with van der Waals surface area (Å²) in [5, 5.41) is 2.61. The van der Waals surface area contributed by atoms with Crippen molar-refractivity contribution in [3.8, 4) is 5.75 Å². The van der Waals surface area contributed by atoms with Gasteiger partial charge in [0.1, 0.15) is 11.6 Å². The Hall–Kier alpha value is -2.79. The molecule has 0 saturated heterocycles. The predicted octanol–water partition coefficient (Wildman–Crippen LogP) is 3.83. The van der Waals surface area contributed by atoms with Crippen molar-refractivity contribution in [3.05, 3.63) is 53.3 Å². The summed E-state index contributed by atoms with van der Waals surface area (Å²) in [6, 6.07) is 6.41. The maximum atomic E-state index is 14.6. The number of carbonyl (C=O) groups excluding carboxylic acids is 2. The highest BCUT2D eigenvalue weighted by atomic mass is 32.2. The Morgan fingerprint density at radius 2 is 1.94 bits per heavy atom. The molecule has 2 aromatic carbocycles. The third-order valence-corrected chi connectivity index (χ3v) is 5.67. The molecule has 0 aliphatic carbocycles. The molecule has 2 aromatic rings. The van der Waals surface area contributed by atoms with Crippen LogP contribution in [0.3, 0.4) is 0 Å². The van der Waals surface area contributed by atoms with Crippen LogP contribution in [-0.2, 0) is 11.3 Å². The number of thioether (sulfide) groups is 1. The van der Waals surface area contributed by atoms with Gasteiger partial charge in [-0.05, 0) is 43.7 Å². The Kier molecular flexibility index (Phi) is 6.99. The van der Waals surface area contributed by atoms with Crippen LogP contribution >= 0.6 is 11.8 Å². The van der Waals surface area contributed by atoms with Crippen LogP contribution in [0.4, 0.5) is 23.2 Å². The van der Waals surface area contributed by atoms with Crippen molar-refractivity contribution in [2.75, 3.05) is 10.7 Å². The lowest BCUT2D eigenvalue weighted by Crippen LogP contribution is -2.44. The molecule has 3 rings (SSSR count). The molecule has 1 atom stereocenters. The number of rotatable bonds is 5. The van der Waals surface area contributed by atoms with Gasteiger partial charge in [0.15, 0.2) is 0 Å². The molecule has 172 valence electrons. The van der Waals surface area contributed by atoms with Crippen LogP contribution in [0.2, 0.25) is 0 Å². The normalized spacial score (nSPS) is 16.6. The Balaban J connectivity index is 1.96. The minimum atomic E-state index is -4.82. The molecule has 0 fully saturated rings. The molecule has 11 heteroatoms. The highest BCUT2D eigenvalue weighted by Gasteiger charge is 2.32. The molecule has 1 aliphatic rings. The summed E-state index contributed by atoms with van der Waals surface area (Å²) < 4.78 is 55.6. The summed E-state index contributed by atoms with van der Waals surface area (Å²) in [7, 11) is 0. The molecule has 0 unspecified atom stereocenters. The standard InChI is InChI=1S/C21H21F4N3O3S/c1-11(2)27-19(29)14-7-17-18(8-15(14)22)32-10-16(26)20(30)28(17)9-12-3-5-13(6-4-12)31-21(23,24)25/h3-8,11,16H,9-10,26H2,1-2H3,(H,27,29)/t16-/m0/s1. The van der Waals surface area contributed by atoms with Crippen molar-refractivity contribution in [2.24, 2.45) is 5.73 Å². The van der Waals surface area contributed by atoms with Gasteiger partial charge in [-0.2, -0.15) is 0 Å². The van der Waals surface area contributed by atoms with Gasteiger partial charge in [0.2, 0.25) is 5.91 Å². The van der Waals surface area contributed by atoms with Crippen LogP contribution in [0.5, 0.6) is 5.75 Å². The number of hydrogen-bond donors (Lipinski definition) is 2. The van der Waals surface area contributed by atoms with E-state index >= 15 is 0 Å². The number of hydrogen-bond acceptors (Lipinski definition) is 5. The highest BCUT2D eigenvalue weighted by Crippen LogP contribution is 2.37. The molecule has 0 radical (unpaired) electrons. The van der Waals surface area contributed by atoms with Gasteiger partial charge < -0.3 is 20.7 Å². The summed E-state index contributed by atoms with van der Waals surface area (Å²) in [6.45, 7) is 3.43. The highest BCUT2D eigenvalue weighted by molar-refractivity contribution is 7.99. The Morgan fingerprint density at radius 1 is 1.28 bits per heavy atom. The van der Waals surface area contributed by atoms with E-state index < -0.39 is 35.8 Å². The second kappa shape index (κ2) is 9.37. The summed E-state index contributed by atoms with van der Waals surface area (Å²) in [5.41, 5.74) is 6.55. The number of amides is 2. The fraction of sp³-hybridized carbons (Fsp3) is 0.333. The Bertz CT molecular complexity index is 1010. The molecule has 2 amide bonds. The molecule has 0 aromatic heterocycles. The van der Waals surface area contributed by atoms with Crippen LogP contribution in [0.1, 0.15) is 29.8 Å². The predicted molar refractivity (Wildman–Crippen MR) is 112 cm³/mol. The first-order chi connectivity index (χ1) is 14.9. The van der Waals surface area contributed by atoms with E-state index in [1.807, 2.05) is 0 Å². The molecule has 0 saturated carbocycles. The number of benzene rings is 2. The van der Waals surface area contributed by atoms with E-state index in [2.05, 4.69) is 10.1 Å². The van der Waals surface area contributed by atoms with Gasteiger partial charge in [0.05, 0.1) is 23.8 Å². The fourth-order valence-electron chi connectivity index (χ4n) is 3.10. The molecule has 32 heavy (non-hydrogen) atoms. The lowest BCUT2D eigenvalue weighted by molar-refractivity contribution is -0.274. The van der Waals surface area contributed by atoms with Gasteiger partial charge in [0, 0.05) is 16.7 Å². The number of nitrogens with zero attached hydrogens (tertiary/aromatic N) is 1. The summed E-state index contributed by atoms with van der Waals surface area (Å²) in [6.07, 6.45) is -4.82. The first-order valence-corrected chi connectivity index (χ1v) is 10.6. The van der Waals surface area contributed by atoms with E-state index in [9.17, 15) is 27.2 Å². The lowest BCUT2D eigenvalue weighted by Gasteiger charge is -2.25. The molecule has 3 N–H and O–H groups in total. The zero-order valence-corrected chi connectivity index (χ0v) is 18.0. The Morgan fingerprint density at radius 3 is 2.53 bits per heavy atom. The van der Waals surface area contributed by atoms with Crippen LogP contribution in [-0.4, -0.2) is 36.0 Å². The molecular formula is C21H21F4N3O3S. The SMILES string of the molecule is CC(C)NC(=O)c1cc2c(cc1F)SC[C@H](N)C(=O)N2Cc1ccc(OC(F)(F)F)cc1. The van der Waals surface area contributed by atoms with E-state index in [4.69, 9.17) is 5.73 Å². The number of carbonyl (C=O) groups is 2. The maximum Gasteiger partial charge on any atom is 0.573 e. The molecule has 1 heterocycles. The molecule has 0 bridgehead atoms. The number of fused-ring (bicyclic) bond motifs is 1. The van der Waals surface area contributed by atoms with Crippen molar-refractivity contribution < 1.29 is 31.9 Å². The van der Waals surface area contributed by atoms with Gasteiger partial charge in [-0.1, -0.05) is 12.1 Å². The van der Waals surface area contributed by atoms with Crippen molar-refractivity contribution in [1.82, 2.24) is 5.32 Å². The smallest absolute Gasteiger partial charge is 0.406 e. The van der Waals surface area contributed by atoms with Crippen molar-refractivity contribution in [3.63, 3.8) is 0 Å². The quantitative estimate of drug-likeness (QED) is 0.648. The van der Waals surface area contributed by atoms with E-state index in [0.717, 1.165) is 12.1 Å². The zero-order valence-electron chi connectivity index (χ0n) is 17.2. The third-order valence-electron chi connectivity index (χ3n) is 4.50. The number of ether oxygens (including phenoxy) is 1. The average Bonchev–Trinajstić information content (AvgIpc) is 2.79. The van der Waals surface area contributed by atoms with Crippen LogP contribution < -0.4 is 20.7 Å². The maximum absolute atomic E-state index is 14.6. The van der Waals surface area contributed by atoms with E-state index in [0.29, 0.717) is 16.1 Å². The minimum Gasteiger partial charge on any atom is -0.406 e. The number of nitrogens with one attached hydrogen (secondary N) is 1. The van der Waals surface area contributed by atoms with E-state index in [-0.39, 0.29) is 23.9 Å². The fourth-order valence-corrected chi connectivity index (χ4v) is 4.10. The van der Waals surface area contributed by atoms with Gasteiger partial charge in [-0.25, -0.2) is 4.39 Å².